The largest absolute Gasteiger partial charge is 0.492 e. The van der Waals surface area contributed by atoms with Crippen LogP contribution in [0.2, 0.25) is 0 Å². The quantitative estimate of drug-likeness (QED) is 0.759. The molecule has 0 bridgehead atoms. The van der Waals surface area contributed by atoms with Crippen LogP contribution in [0.25, 0.3) is 21.4 Å². The van der Waals surface area contributed by atoms with Crippen LogP contribution in [0.4, 0.5) is 0 Å². The lowest BCUT2D eigenvalue weighted by Crippen LogP contribution is -1.98. The molecule has 0 aliphatic heterocycles. The van der Waals surface area contributed by atoms with Gasteiger partial charge in [-0.2, -0.15) is 9.78 Å². The molecule has 3 aromatic heterocycles. The highest BCUT2D eigenvalue weighted by Crippen LogP contribution is 2.36. The molecule has 0 amide bonds. The molecule has 9 heteroatoms. The normalized spacial score (nSPS) is 10.8. The van der Waals surface area contributed by atoms with Gasteiger partial charge in [-0.3, -0.25) is 9.97 Å². The lowest BCUT2D eigenvalue weighted by molar-refractivity contribution is 0.459. The third kappa shape index (κ3) is 2.15. The van der Waals surface area contributed by atoms with E-state index in [1.54, 1.807) is 18.6 Å². The van der Waals surface area contributed by atoms with E-state index in [0.717, 1.165) is 0 Å². The molecule has 0 unspecified atom stereocenters. The van der Waals surface area contributed by atoms with Crippen molar-refractivity contribution in [3.8, 4) is 27.3 Å². The van der Waals surface area contributed by atoms with E-state index in [0.29, 0.717) is 27.9 Å². The molecule has 96 valence electrons. The van der Waals surface area contributed by atoms with Crippen molar-refractivity contribution in [2.45, 2.75) is 13.5 Å². The number of hydrogen-bond donors (Lipinski definition) is 1. The van der Waals surface area contributed by atoms with Gasteiger partial charge in [0.05, 0.1) is 12.7 Å². The molecule has 0 atom stereocenters. The summed E-state index contributed by atoms with van der Waals surface area (Å²) in [5, 5.41) is 22.3. The Morgan fingerprint density at radius 2 is 2.26 bits per heavy atom. The van der Waals surface area contributed by atoms with Gasteiger partial charge in [-0.05, 0) is 12.1 Å². The third-order valence-electron chi connectivity index (χ3n) is 2.33. The molecule has 0 saturated heterocycles. The number of thiazole rings is 1. The van der Waals surface area contributed by atoms with Crippen molar-refractivity contribution in [2.75, 3.05) is 0 Å². The van der Waals surface area contributed by atoms with Crippen LogP contribution in [-0.2, 0) is 6.54 Å². The zero-order valence-corrected chi connectivity index (χ0v) is 10.7. The molecule has 0 fully saturated rings. The average Bonchev–Trinajstić information content (AvgIpc) is 3.06. The summed E-state index contributed by atoms with van der Waals surface area (Å²) in [5.41, 5.74) is 0.594. The van der Waals surface area contributed by atoms with Gasteiger partial charge in [-0.25, -0.2) is 0 Å². The maximum absolute atomic E-state index is 9.86. The van der Waals surface area contributed by atoms with Crippen molar-refractivity contribution >= 4 is 11.3 Å². The van der Waals surface area contributed by atoms with E-state index in [9.17, 15) is 5.11 Å². The molecular formula is C10H9N7OS. The van der Waals surface area contributed by atoms with Crippen LogP contribution in [0.15, 0.2) is 18.6 Å². The van der Waals surface area contributed by atoms with Gasteiger partial charge in [0.1, 0.15) is 15.6 Å². The molecule has 0 radical (unpaired) electrons. The van der Waals surface area contributed by atoms with Crippen molar-refractivity contribution in [3.05, 3.63) is 18.6 Å². The highest BCUT2D eigenvalue weighted by Gasteiger charge is 2.18. The highest BCUT2D eigenvalue weighted by molar-refractivity contribution is 7.18. The Kier molecular flexibility index (Phi) is 2.88. The first-order chi connectivity index (χ1) is 9.28. The Hall–Kier alpha value is -2.42. The van der Waals surface area contributed by atoms with E-state index in [1.165, 1.54) is 16.1 Å². The molecule has 0 aromatic carbocycles. The lowest BCUT2D eigenvalue weighted by atomic mass is 10.4. The molecule has 8 nitrogen and oxygen atoms in total. The van der Waals surface area contributed by atoms with E-state index in [2.05, 4.69) is 30.4 Å². The van der Waals surface area contributed by atoms with Crippen molar-refractivity contribution < 1.29 is 5.11 Å². The standard InChI is InChI=1S/C10H9N7OS/c1-2-17-15-8(14-16-17)7-9(18)13-10(19-7)6-5-11-3-4-12-6/h3-5,18H,2H2,1H3. The molecule has 3 aromatic rings. The minimum absolute atomic E-state index is 0.124. The summed E-state index contributed by atoms with van der Waals surface area (Å²) >= 11 is 1.25. The smallest absolute Gasteiger partial charge is 0.234 e. The second-order valence-corrected chi connectivity index (χ2v) is 4.56. The van der Waals surface area contributed by atoms with E-state index in [-0.39, 0.29) is 5.88 Å². The summed E-state index contributed by atoms with van der Waals surface area (Å²) in [4.78, 5) is 14.1. The van der Waals surface area contributed by atoms with Crippen molar-refractivity contribution in [1.82, 2.24) is 35.2 Å². The van der Waals surface area contributed by atoms with Gasteiger partial charge in [0.2, 0.25) is 11.7 Å². The second-order valence-electron chi connectivity index (χ2n) is 3.56. The minimum atomic E-state index is -0.124. The predicted octanol–water partition coefficient (Wildman–Crippen LogP) is 0.979. The van der Waals surface area contributed by atoms with Gasteiger partial charge in [0.15, 0.2) is 0 Å². The zero-order chi connectivity index (χ0) is 13.2. The summed E-state index contributed by atoms with van der Waals surface area (Å²) in [6, 6.07) is 0. The molecule has 0 spiro atoms. The van der Waals surface area contributed by atoms with E-state index in [1.807, 2.05) is 6.92 Å². The van der Waals surface area contributed by atoms with Crippen LogP contribution in [-0.4, -0.2) is 40.3 Å². The molecule has 3 rings (SSSR count). The van der Waals surface area contributed by atoms with Crippen molar-refractivity contribution in [2.24, 2.45) is 0 Å². The van der Waals surface area contributed by atoms with Crippen LogP contribution in [0.1, 0.15) is 6.92 Å². The maximum atomic E-state index is 9.86. The van der Waals surface area contributed by atoms with Gasteiger partial charge >= 0.3 is 0 Å². The Labute approximate surface area is 111 Å². The van der Waals surface area contributed by atoms with Crippen LogP contribution in [0.5, 0.6) is 5.88 Å². The lowest BCUT2D eigenvalue weighted by Gasteiger charge is -1.90. The first kappa shape index (κ1) is 11.7. The van der Waals surface area contributed by atoms with Crippen LogP contribution < -0.4 is 0 Å². The monoisotopic (exact) mass is 275 g/mol. The molecule has 3 heterocycles. The Balaban J connectivity index is 2.02. The number of tetrazole rings is 1. The van der Waals surface area contributed by atoms with E-state index in [4.69, 9.17) is 0 Å². The van der Waals surface area contributed by atoms with Crippen LogP contribution >= 0.6 is 11.3 Å². The molecule has 1 N–H and O–H groups in total. The summed E-state index contributed by atoms with van der Waals surface area (Å²) in [6.45, 7) is 2.52. The zero-order valence-electron chi connectivity index (χ0n) is 9.93. The Morgan fingerprint density at radius 3 is 2.95 bits per heavy atom. The molecular weight excluding hydrogens is 266 g/mol. The number of aromatic hydroxyl groups is 1. The van der Waals surface area contributed by atoms with E-state index >= 15 is 0 Å². The number of rotatable bonds is 3. The van der Waals surface area contributed by atoms with Gasteiger partial charge in [-0.1, -0.05) is 0 Å². The second kappa shape index (κ2) is 4.69. The van der Waals surface area contributed by atoms with Gasteiger partial charge in [0.25, 0.3) is 0 Å². The fourth-order valence-corrected chi connectivity index (χ4v) is 2.29. The van der Waals surface area contributed by atoms with E-state index < -0.39 is 0 Å². The van der Waals surface area contributed by atoms with Crippen LogP contribution in [0.3, 0.4) is 0 Å². The highest BCUT2D eigenvalue weighted by atomic mass is 32.1. The predicted molar refractivity (Wildman–Crippen MR) is 67.3 cm³/mol. The first-order valence-corrected chi connectivity index (χ1v) is 6.34. The number of aryl methyl sites for hydroxylation is 1. The maximum Gasteiger partial charge on any atom is 0.234 e. The summed E-state index contributed by atoms with van der Waals surface area (Å²) in [5.74, 6) is 0.230. The summed E-state index contributed by atoms with van der Waals surface area (Å²) in [7, 11) is 0. The van der Waals surface area contributed by atoms with Crippen molar-refractivity contribution in [1.29, 1.82) is 0 Å². The molecule has 0 aliphatic rings. The topological polar surface area (TPSA) is 102 Å². The fraction of sp³-hybridized carbons (Fsp3) is 0.200. The summed E-state index contributed by atoms with van der Waals surface area (Å²) in [6.07, 6.45) is 4.73. The Morgan fingerprint density at radius 1 is 1.37 bits per heavy atom. The Bertz CT molecular complexity index is 693. The molecule has 0 aliphatic carbocycles. The minimum Gasteiger partial charge on any atom is -0.492 e. The SMILES string of the molecule is CCn1nnc(-c2sc(-c3cnccn3)nc2O)n1. The summed E-state index contributed by atoms with van der Waals surface area (Å²) < 4.78 is 0. The average molecular weight is 275 g/mol. The third-order valence-corrected chi connectivity index (χ3v) is 3.39. The fourth-order valence-electron chi connectivity index (χ4n) is 1.44. The van der Waals surface area contributed by atoms with Gasteiger partial charge in [-0.15, -0.1) is 21.5 Å². The first-order valence-electron chi connectivity index (χ1n) is 5.52. The van der Waals surface area contributed by atoms with Crippen LogP contribution in [0, 0.1) is 0 Å². The van der Waals surface area contributed by atoms with Gasteiger partial charge in [0, 0.05) is 12.4 Å². The molecule has 0 saturated carbocycles. The molecule has 19 heavy (non-hydrogen) atoms. The van der Waals surface area contributed by atoms with Gasteiger partial charge < -0.3 is 5.11 Å². The van der Waals surface area contributed by atoms with Crippen molar-refractivity contribution in [3.63, 3.8) is 0 Å². The number of hydrogen-bond acceptors (Lipinski definition) is 8. The number of nitrogens with zero attached hydrogens (tertiary/aromatic N) is 7. The number of aromatic nitrogens is 7.